The van der Waals surface area contributed by atoms with E-state index < -0.39 is 5.60 Å². The van der Waals surface area contributed by atoms with Gasteiger partial charge in [0.1, 0.15) is 28.2 Å². The van der Waals surface area contributed by atoms with Gasteiger partial charge in [-0.1, -0.05) is 12.1 Å². The number of likely N-dealkylation sites (tertiary alicyclic amines) is 1. The van der Waals surface area contributed by atoms with E-state index >= 15 is 0 Å². The zero-order valence-electron chi connectivity index (χ0n) is 25.1. The summed E-state index contributed by atoms with van der Waals surface area (Å²) in [5.41, 5.74) is 1.54. The van der Waals surface area contributed by atoms with Gasteiger partial charge < -0.3 is 29.2 Å². The number of hydrogen-bond donors (Lipinski definition) is 1. The van der Waals surface area contributed by atoms with Crippen LogP contribution in [-0.2, 0) is 16.0 Å². The number of rotatable bonds is 9. The molecule has 4 aromatic rings. The summed E-state index contributed by atoms with van der Waals surface area (Å²) < 4.78 is 24.1. The van der Waals surface area contributed by atoms with E-state index in [1.807, 2.05) is 49.7 Å². The van der Waals surface area contributed by atoms with Crippen molar-refractivity contribution in [2.45, 2.75) is 52.3 Å². The van der Waals surface area contributed by atoms with E-state index in [4.69, 9.17) is 24.0 Å². The van der Waals surface area contributed by atoms with Gasteiger partial charge in [0.05, 0.1) is 25.8 Å². The zero-order chi connectivity index (χ0) is 30.6. The van der Waals surface area contributed by atoms with Crippen LogP contribution in [0.3, 0.4) is 0 Å². The number of aromatic nitrogens is 3. The number of amides is 1. The van der Waals surface area contributed by atoms with E-state index in [0.29, 0.717) is 60.2 Å². The molecule has 226 valence electrons. The van der Waals surface area contributed by atoms with Gasteiger partial charge >= 0.3 is 12.1 Å². The molecule has 1 aliphatic rings. The quantitative estimate of drug-likeness (QED) is 0.240. The molecule has 1 aliphatic heterocycles. The molecule has 1 N–H and O–H groups in total. The molecule has 1 atom stereocenters. The Morgan fingerprint density at radius 1 is 1.02 bits per heavy atom. The summed E-state index contributed by atoms with van der Waals surface area (Å²) in [5.74, 6) is 2.09. The minimum atomic E-state index is -0.564. The Bertz CT molecular complexity index is 1580. The molecule has 0 unspecified atom stereocenters. The molecule has 5 rings (SSSR count). The first-order valence-electron chi connectivity index (χ1n) is 14.3. The third-order valence-corrected chi connectivity index (χ3v) is 6.86. The Hall–Kier alpha value is -4.80. The van der Waals surface area contributed by atoms with E-state index in [1.165, 1.54) is 0 Å². The fraction of sp³-hybridized carbons (Fsp3) is 0.375. The number of benzene rings is 2. The number of methoxy groups -OCH3 is 1. The lowest BCUT2D eigenvalue weighted by Crippen LogP contribution is -2.36. The fourth-order valence-electron chi connectivity index (χ4n) is 4.83. The lowest BCUT2D eigenvalue weighted by molar-refractivity contribution is 0.0293. The molecular weight excluding hydrogens is 550 g/mol. The average Bonchev–Trinajstić information content (AvgIpc) is 3.59. The second-order valence-electron chi connectivity index (χ2n) is 11.3. The highest BCUT2D eigenvalue weighted by Gasteiger charge is 2.31. The van der Waals surface area contributed by atoms with Crippen LogP contribution in [-0.4, -0.2) is 70.2 Å². The van der Waals surface area contributed by atoms with Crippen LogP contribution in [0.5, 0.6) is 17.2 Å². The standard InChI is InChI=1S/C32H37N5O6/c1-6-41-30(38)22-9-13-25(14-10-22)42-26-15-17-33-29-27(26)28(35-37(29)19-21-7-11-24(40-5)12-8-21)34-23-16-18-36(20-23)31(39)43-32(2,3)4/h7-15,17,23H,6,16,18-20H2,1-5H3,(H,34,35)/t23-/m1/s1. The molecule has 3 heterocycles. The SMILES string of the molecule is CCOC(=O)c1ccc(Oc2ccnc3c2c(N[C@@H]2CCN(C(=O)OC(C)(C)C)C2)nn3Cc2ccc(OC)cc2)cc1. The van der Waals surface area contributed by atoms with Crippen molar-refractivity contribution in [3.8, 4) is 17.2 Å². The summed E-state index contributed by atoms with van der Waals surface area (Å²) in [6.45, 7) is 9.18. The van der Waals surface area contributed by atoms with Crippen LogP contribution in [0, 0.1) is 0 Å². The fourth-order valence-corrected chi connectivity index (χ4v) is 4.83. The van der Waals surface area contributed by atoms with Gasteiger partial charge in [-0.05, 0) is 76.1 Å². The van der Waals surface area contributed by atoms with Crippen LogP contribution in [0.1, 0.15) is 50.0 Å². The molecule has 0 saturated carbocycles. The zero-order valence-corrected chi connectivity index (χ0v) is 25.1. The number of carbonyl (C=O) groups excluding carboxylic acids is 2. The highest BCUT2D eigenvalue weighted by molar-refractivity contribution is 5.94. The van der Waals surface area contributed by atoms with E-state index in [9.17, 15) is 9.59 Å². The third-order valence-electron chi connectivity index (χ3n) is 6.86. The first-order chi connectivity index (χ1) is 20.6. The van der Waals surface area contributed by atoms with Crippen molar-refractivity contribution in [2.24, 2.45) is 0 Å². The number of pyridine rings is 1. The normalized spacial score (nSPS) is 14.9. The van der Waals surface area contributed by atoms with Crippen LogP contribution in [0.4, 0.5) is 10.6 Å². The molecule has 1 fully saturated rings. The van der Waals surface area contributed by atoms with Gasteiger partial charge in [-0.3, -0.25) is 0 Å². The summed E-state index contributed by atoms with van der Waals surface area (Å²) >= 11 is 0. The Kier molecular flexibility index (Phi) is 8.70. The topological polar surface area (TPSA) is 117 Å². The Labute approximate surface area is 250 Å². The minimum absolute atomic E-state index is 0.0445. The molecule has 2 aromatic carbocycles. The number of fused-ring (bicyclic) bond motifs is 1. The average molecular weight is 588 g/mol. The number of esters is 1. The molecule has 11 heteroatoms. The van der Waals surface area contributed by atoms with Crippen molar-refractivity contribution in [1.82, 2.24) is 19.7 Å². The van der Waals surface area contributed by atoms with Crippen molar-refractivity contribution < 1.29 is 28.5 Å². The lowest BCUT2D eigenvalue weighted by Gasteiger charge is -2.24. The Morgan fingerprint density at radius 2 is 1.74 bits per heavy atom. The number of hydrogen-bond acceptors (Lipinski definition) is 9. The van der Waals surface area contributed by atoms with Crippen LogP contribution in [0.25, 0.3) is 11.0 Å². The molecule has 0 spiro atoms. The van der Waals surface area contributed by atoms with Gasteiger partial charge in [0.25, 0.3) is 0 Å². The first-order valence-corrected chi connectivity index (χ1v) is 14.3. The van der Waals surface area contributed by atoms with Crippen molar-refractivity contribution in [1.29, 1.82) is 0 Å². The van der Waals surface area contributed by atoms with Crippen molar-refractivity contribution in [3.05, 3.63) is 71.9 Å². The van der Waals surface area contributed by atoms with Gasteiger partial charge in [-0.25, -0.2) is 19.3 Å². The molecular formula is C32H37N5O6. The number of ether oxygens (including phenoxy) is 4. The van der Waals surface area contributed by atoms with Gasteiger partial charge in [-0.15, -0.1) is 0 Å². The van der Waals surface area contributed by atoms with E-state index in [-0.39, 0.29) is 18.1 Å². The minimum Gasteiger partial charge on any atom is -0.497 e. The maximum Gasteiger partial charge on any atom is 0.410 e. The van der Waals surface area contributed by atoms with Crippen molar-refractivity contribution in [3.63, 3.8) is 0 Å². The van der Waals surface area contributed by atoms with Gasteiger partial charge in [-0.2, -0.15) is 5.10 Å². The summed E-state index contributed by atoms with van der Waals surface area (Å²) in [6, 6.07) is 16.3. The highest BCUT2D eigenvalue weighted by Crippen LogP contribution is 2.35. The van der Waals surface area contributed by atoms with Crippen LogP contribution in [0.15, 0.2) is 60.8 Å². The van der Waals surface area contributed by atoms with E-state index in [1.54, 1.807) is 55.5 Å². The van der Waals surface area contributed by atoms with Crippen molar-refractivity contribution in [2.75, 3.05) is 32.1 Å². The molecule has 1 saturated heterocycles. The van der Waals surface area contributed by atoms with Crippen LogP contribution in [0.2, 0.25) is 0 Å². The van der Waals surface area contributed by atoms with E-state index in [0.717, 1.165) is 17.7 Å². The number of carbonyl (C=O) groups is 2. The molecule has 2 aromatic heterocycles. The highest BCUT2D eigenvalue weighted by atomic mass is 16.6. The molecule has 11 nitrogen and oxygen atoms in total. The monoisotopic (exact) mass is 587 g/mol. The molecule has 43 heavy (non-hydrogen) atoms. The maximum atomic E-state index is 12.7. The van der Waals surface area contributed by atoms with Crippen molar-refractivity contribution >= 4 is 28.9 Å². The third kappa shape index (κ3) is 7.17. The second kappa shape index (κ2) is 12.6. The van der Waals surface area contributed by atoms with Crippen LogP contribution < -0.4 is 14.8 Å². The number of nitrogens with one attached hydrogen (secondary N) is 1. The van der Waals surface area contributed by atoms with Gasteiger partial charge in [0, 0.05) is 31.4 Å². The molecule has 0 bridgehead atoms. The Balaban J connectivity index is 1.44. The summed E-state index contributed by atoms with van der Waals surface area (Å²) in [5, 5.41) is 9.16. The number of nitrogens with zero attached hydrogens (tertiary/aromatic N) is 4. The smallest absolute Gasteiger partial charge is 0.410 e. The molecule has 0 aliphatic carbocycles. The van der Waals surface area contributed by atoms with Crippen LogP contribution >= 0.6 is 0 Å². The summed E-state index contributed by atoms with van der Waals surface area (Å²) in [6.07, 6.45) is 2.09. The number of anilines is 1. The van der Waals surface area contributed by atoms with Gasteiger partial charge in [0.2, 0.25) is 0 Å². The first kappa shape index (κ1) is 29.7. The largest absolute Gasteiger partial charge is 0.497 e. The molecule has 0 radical (unpaired) electrons. The molecule has 1 amide bonds. The predicted molar refractivity (Wildman–Crippen MR) is 162 cm³/mol. The summed E-state index contributed by atoms with van der Waals surface area (Å²) in [4.78, 5) is 31.1. The second-order valence-corrected chi connectivity index (χ2v) is 11.3. The lowest BCUT2D eigenvalue weighted by atomic mass is 10.2. The predicted octanol–water partition coefficient (Wildman–Crippen LogP) is 5.88. The Morgan fingerprint density at radius 3 is 2.42 bits per heavy atom. The maximum absolute atomic E-state index is 12.7. The van der Waals surface area contributed by atoms with E-state index in [2.05, 4.69) is 10.3 Å². The summed E-state index contributed by atoms with van der Waals surface area (Å²) in [7, 11) is 1.64. The van der Waals surface area contributed by atoms with Gasteiger partial charge in [0.15, 0.2) is 11.5 Å².